The van der Waals surface area contributed by atoms with Crippen LogP contribution in [0.25, 0.3) is 0 Å². The first kappa shape index (κ1) is 14.5. The van der Waals surface area contributed by atoms with E-state index >= 15 is 0 Å². The minimum Gasteiger partial charge on any atom is -0.394 e. The molecule has 0 spiro atoms. The van der Waals surface area contributed by atoms with Crippen molar-refractivity contribution in [1.82, 2.24) is 14.9 Å². The van der Waals surface area contributed by atoms with E-state index in [9.17, 15) is 9.90 Å². The van der Waals surface area contributed by atoms with Crippen molar-refractivity contribution in [2.24, 2.45) is 0 Å². The van der Waals surface area contributed by atoms with Gasteiger partial charge in [-0.1, -0.05) is 23.4 Å². The van der Waals surface area contributed by atoms with Crippen LogP contribution in [0.1, 0.15) is 10.5 Å². The number of ether oxygens (including phenoxy) is 1. The van der Waals surface area contributed by atoms with Gasteiger partial charge in [0.15, 0.2) is 10.9 Å². The van der Waals surface area contributed by atoms with Crippen molar-refractivity contribution in [1.29, 1.82) is 0 Å². The van der Waals surface area contributed by atoms with Crippen LogP contribution in [0.15, 0.2) is 11.4 Å². The van der Waals surface area contributed by atoms with Gasteiger partial charge in [0.05, 0.1) is 37.1 Å². The molecule has 0 saturated carbocycles. The lowest BCUT2D eigenvalue weighted by Crippen LogP contribution is -2.50. The molecule has 19 heavy (non-hydrogen) atoms. The molecule has 1 aliphatic heterocycles. The number of carbonyl (C=O) groups is 1. The first-order chi connectivity index (χ1) is 9.17. The van der Waals surface area contributed by atoms with Gasteiger partial charge >= 0.3 is 0 Å². The predicted molar refractivity (Wildman–Crippen MR) is 71.6 cm³/mol. The maximum atomic E-state index is 12.4. The van der Waals surface area contributed by atoms with E-state index in [0.717, 1.165) is 0 Å². The van der Waals surface area contributed by atoms with Crippen LogP contribution in [-0.2, 0) is 4.74 Å². The van der Waals surface area contributed by atoms with Crippen LogP contribution >= 0.6 is 23.4 Å². The van der Waals surface area contributed by atoms with Crippen molar-refractivity contribution in [3.63, 3.8) is 0 Å². The molecule has 8 heteroatoms. The van der Waals surface area contributed by atoms with Crippen molar-refractivity contribution in [3.05, 3.63) is 16.9 Å². The standard InChI is InChI=1S/C11H14ClN3O3S/c1-19-11-13-4-8(12)9(14-11)10(17)15-2-3-18-6-7(15)5-16/h4,7,16H,2-3,5-6H2,1H3. The van der Waals surface area contributed by atoms with Crippen molar-refractivity contribution in [3.8, 4) is 0 Å². The van der Waals surface area contributed by atoms with E-state index < -0.39 is 0 Å². The molecule has 2 rings (SSSR count). The smallest absolute Gasteiger partial charge is 0.274 e. The number of aliphatic hydroxyl groups is 1. The van der Waals surface area contributed by atoms with E-state index in [4.69, 9.17) is 16.3 Å². The number of amides is 1. The van der Waals surface area contributed by atoms with Gasteiger partial charge in [-0.25, -0.2) is 9.97 Å². The maximum Gasteiger partial charge on any atom is 0.274 e. The Morgan fingerprint density at radius 1 is 1.74 bits per heavy atom. The normalized spacial score (nSPS) is 19.5. The van der Waals surface area contributed by atoms with Crippen molar-refractivity contribution in [2.75, 3.05) is 32.6 Å². The van der Waals surface area contributed by atoms with Crippen molar-refractivity contribution < 1.29 is 14.6 Å². The number of thioether (sulfide) groups is 1. The lowest BCUT2D eigenvalue weighted by atomic mass is 10.2. The number of nitrogens with zero attached hydrogens (tertiary/aromatic N) is 3. The van der Waals surface area contributed by atoms with Crippen LogP contribution in [0.4, 0.5) is 0 Å². The zero-order valence-corrected chi connectivity index (χ0v) is 11.9. The summed E-state index contributed by atoms with van der Waals surface area (Å²) in [7, 11) is 0. The molecule has 2 heterocycles. The summed E-state index contributed by atoms with van der Waals surface area (Å²) in [5, 5.41) is 9.98. The van der Waals surface area contributed by atoms with E-state index in [2.05, 4.69) is 9.97 Å². The monoisotopic (exact) mass is 303 g/mol. The van der Waals surface area contributed by atoms with E-state index in [1.807, 2.05) is 6.26 Å². The molecule has 0 bridgehead atoms. The quantitative estimate of drug-likeness (QED) is 0.654. The summed E-state index contributed by atoms with van der Waals surface area (Å²) in [6.07, 6.45) is 3.24. The number of aromatic nitrogens is 2. The van der Waals surface area contributed by atoms with Crippen LogP contribution in [0, 0.1) is 0 Å². The molecule has 1 atom stereocenters. The fourth-order valence-corrected chi connectivity index (χ4v) is 2.32. The van der Waals surface area contributed by atoms with E-state index in [-0.39, 0.29) is 29.3 Å². The second kappa shape index (κ2) is 6.51. The average Bonchev–Trinajstić information content (AvgIpc) is 2.47. The molecule has 0 radical (unpaired) electrons. The summed E-state index contributed by atoms with van der Waals surface area (Å²) in [5.74, 6) is -0.301. The Morgan fingerprint density at radius 2 is 2.53 bits per heavy atom. The summed E-state index contributed by atoms with van der Waals surface area (Å²) in [5.41, 5.74) is 0.168. The molecule has 1 unspecified atom stereocenters. The van der Waals surface area contributed by atoms with Gasteiger partial charge in [0, 0.05) is 6.54 Å². The van der Waals surface area contributed by atoms with Crippen molar-refractivity contribution >= 4 is 29.3 Å². The minimum atomic E-state index is -0.356. The molecular weight excluding hydrogens is 290 g/mol. The lowest BCUT2D eigenvalue weighted by molar-refractivity contribution is -0.0186. The summed E-state index contributed by atoms with van der Waals surface area (Å²) in [4.78, 5) is 22.1. The number of morpholine rings is 1. The Hall–Kier alpha value is -0.890. The van der Waals surface area contributed by atoms with Crippen LogP contribution in [0.5, 0.6) is 0 Å². The molecule has 1 N–H and O–H groups in total. The zero-order valence-electron chi connectivity index (χ0n) is 10.4. The van der Waals surface area contributed by atoms with E-state index in [1.165, 1.54) is 18.0 Å². The first-order valence-corrected chi connectivity index (χ1v) is 7.33. The Labute approximate surface area is 120 Å². The second-order valence-electron chi connectivity index (χ2n) is 3.96. The number of halogens is 1. The van der Waals surface area contributed by atoms with Gasteiger partial charge in [0.25, 0.3) is 5.91 Å². The summed E-state index contributed by atoms with van der Waals surface area (Å²) in [6, 6.07) is -0.356. The third kappa shape index (κ3) is 3.17. The Morgan fingerprint density at radius 3 is 3.21 bits per heavy atom. The molecule has 0 aromatic carbocycles. The lowest BCUT2D eigenvalue weighted by Gasteiger charge is -2.34. The number of aliphatic hydroxyl groups excluding tert-OH is 1. The predicted octanol–water partition coefficient (Wildman–Crippen LogP) is 0.685. The fourth-order valence-electron chi connectivity index (χ4n) is 1.81. The van der Waals surface area contributed by atoms with Gasteiger partial charge in [0.1, 0.15) is 0 Å². The van der Waals surface area contributed by atoms with Crippen LogP contribution in [0.3, 0.4) is 0 Å². The summed E-state index contributed by atoms with van der Waals surface area (Å²) < 4.78 is 5.24. The van der Waals surface area contributed by atoms with Gasteiger partial charge in [0.2, 0.25) is 0 Å². The molecule has 1 aromatic rings. The van der Waals surface area contributed by atoms with E-state index in [1.54, 1.807) is 4.90 Å². The molecular formula is C11H14ClN3O3S. The largest absolute Gasteiger partial charge is 0.394 e. The van der Waals surface area contributed by atoms with Crippen LogP contribution in [-0.4, -0.2) is 64.5 Å². The maximum absolute atomic E-state index is 12.4. The van der Waals surface area contributed by atoms with Gasteiger partial charge < -0.3 is 14.7 Å². The average molecular weight is 304 g/mol. The summed E-state index contributed by atoms with van der Waals surface area (Å²) >= 11 is 7.32. The molecule has 1 amide bonds. The Kier molecular flexibility index (Phi) is 4.98. The number of hydrogen-bond donors (Lipinski definition) is 1. The Bertz CT molecular complexity index is 474. The third-order valence-corrected chi connectivity index (χ3v) is 3.64. The zero-order chi connectivity index (χ0) is 13.8. The highest BCUT2D eigenvalue weighted by molar-refractivity contribution is 7.98. The topological polar surface area (TPSA) is 75.6 Å². The van der Waals surface area contributed by atoms with Crippen LogP contribution < -0.4 is 0 Å². The van der Waals surface area contributed by atoms with Gasteiger partial charge in [-0.15, -0.1) is 0 Å². The number of carbonyl (C=O) groups excluding carboxylic acids is 1. The SMILES string of the molecule is CSc1ncc(Cl)c(C(=O)N2CCOCC2CO)n1. The molecule has 0 aliphatic carbocycles. The first-order valence-electron chi connectivity index (χ1n) is 5.73. The highest BCUT2D eigenvalue weighted by atomic mass is 35.5. The molecule has 1 aromatic heterocycles. The van der Waals surface area contributed by atoms with Gasteiger partial charge in [-0.05, 0) is 6.26 Å². The molecule has 104 valence electrons. The highest BCUT2D eigenvalue weighted by Gasteiger charge is 2.29. The minimum absolute atomic E-state index is 0.149. The van der Waals surface area contributed by atoms with Gasteiger partial charge in [-0.3, -0.25) is 4.79 Å². The number of hydrogen-bond acceptors (Lipinski definition) is 6. The van der Waals surface area contributed by atoms with Gasteiger partial charge in [-0.2, -0.15) is 0 Å². The number of rotatable bonds is 3. The van der Waals surface area contributed by atoms with Crippen LogP contribution in [0.2, 0.25) is 5.02 Å². The molecule has 1 fully saturated rings. The molecule has 6 nitrogen and oxygen atoms in total. The summed E-state index contributed by atoms with van der Waals surface area (Å²) in [6.45, 7) is 1.03. The van der Waals surface area contributed by atoms with Crippen molar-refractivity contribution in [2.45, 2.75) is 11.2 Å². The second-order valence-corrected chi connectivity index (χ2v) is 5.14. The third-order valence-electron chi connectivity index (χ3n) is 2.81. The highest BCUT2D eigenvalue weighted by Crippen LogP contribution is 2.20. The molecule has 1 saturated heterocycles. The molecule has 1 aliphatic rings. The fraction of sp³-hybridized carbons (Fsp3) is 0.545. The Balaban J connectivity index is 2.27. The van der Waals surface area contributed by atoms with E-state index in [0.29, 0.717) is 24.9 Å².